The van der Waals surface area contributed by atoms with E-state index in [-0.39, 0.29) is 12.0 Å². The van der Waals surface area contributed by atoms with Crippen LogP contribution < -0.4 is 0 Å². The number of rotatable bonds is 2. The number of thioether (sulfide) groups is 1. The van der Waals surface area contributed by atoms with Crippen molar-refractivity contribution in [3.05, 3.63) is 18.0 Å². The Morgan fingerprint density at radius 2 is 2.35 bits per heavy atom. The van der Waals surface area contributed by atoms with Crippen molar-refractivity contribution in [1.29, 1.82) is 0 Å². The van der Waals surface area contributed by atoms with E-state index in [2.05, 4.69) is 15.1 Å². The predicted octanol–water partition coefficient (Wildman–Crippen LogP) is 1.83. The second-order valence-corrected chi connectivity index (χ2v) is 5.86. The van der Waals surface area contributed by atoms with Crippen LogP contribution in [0.2, 0.25) is 0 Å². The van der Waals surface area contributed by atoms with Gasteiger partial charge in [-0.05, 0) is 25.3 Å². The van der Waals surface area contributed by atoms with Crippen LogP contribution in [0.5, 0.6) is 0 Å². The zero-order valence-corrected chi connectivity index (χ0v) is 10.6. The molecule has 2 saturated heterocycles. The maximum atomic E-state index is 12.4. The number of hydrogen-bond acceptors (Lipinski definition) is 3. The molecule has 1 aromatic heterocycles. The molecule has 0 spiro atoms. The second-order valence-electron chi connectivity index (χ2n) is 4.79. The van der Waals surface area contributed by atoms with Crippen molar-refractivity contribution < 1.29 is 4.79 Å². The van der Waals surface area contributed by atoms with Gasteiger partial charge in [-0.1, -0.05) is 0 Å². The van der Waals surface area contributed by atoms with Crippen molar-refractivity contribution in [3.8, 4) is 0 Å². The molecule has 0 aliphatic carbocycles. The quantitative estimate of drug-likeness (QED) is 0.872. The molecular formula is C12H17N3OS. The lowest BCUT2D eigenvalue weighted by Gasteiger charge is -2.39. The summed E-state index contributed by atoms with van der Waals surface area (Å²) in [5.41, 5.74) is 1.09. The Morgan fingerprint density at radius 3 is 3.00 bits per heavy atom. The molecule has 0 bridgehead atoms. The molecular weight excluding hydrogens is 234 g/mol. The Hall–Kier alpha value is -0.970. The van der Waals surface area contributed by atoms with Gasteiger partial charge in [-0.2, -0.15) is 16.9 Å². The summed E-state index contributed by atoms with van der Waals surface area (Å²) in [5, 5.41) is 7.02. The summed E-state index contributed by atoms with van der Waals surface area (Å²) < 4.78 is 0. The Kier molecular flexibility index (Phi) is 3.09. The van der Waals surface area contributed by atoms with Crippen molar-refractivity contribution in [3.63, 3.8) is 0 Å². The Morgan fingerprint density at radius 1 is 1.47 bits per heavy atom. The first kappa shape index (κ1) is 11.1. The summed E-state index contributed by atoms with van der Waals surface area (Å²) in [6, 6.07) is 2.22. The first-order valence-electron chi connectivity index (χ1n) is 6.24. The van der Waals surface area contributed by atoms with Gasteiger partial charge in [0.15, 0.2) is 0 Å². The minimum Gasteiger partial charge on any atom is -0.334 e. The van der Waals surface area contributed by atoms with Crippen molar-refractivity contribution in [2.75, 3.05) is 18.1 Å². The van der Waals surface area contributed by atoms with Crippen LogP contribution in [-0.2, 0) is 4.79 Å². The first-order valence-corrected chi connectivity index (χ1v) is 7.39. The van der Waals surface area contributed by atoms with E-state index in [0.29, 0.717) is 5.91 Å². The van der Waals surface area contributed by atoms with E-state index in [1.165, 1.54) is 6.42 Å². The van der Waals surface area contributed by atoms with Crippen LogP contribution in [0.4, 0.5) is 0 Å². The number of piperidine rings is 1. The molecule has 0 aromatic carbocycles. The lowest BCUT2D eigenvalue weighted by Crippen LogP contribution is -2.45. The molecule has 3 rings (SSSR count). The van der Waals surface area contributed by atoms with Gasteiger partial charge in [-0.3, -0.25) is 9.89 Å². The van der Waals surface area contributed by atoms with Crippen LogP contribution >= 0.6 is 11.8 Å². The maximum Gasteiger partial charge on any atom is 0.227 e. The highest BCUT2D eigenvalue weighted by atomic mass is 32.2. The van der Waals surface area contributed by atoms with Gasteiger partial charge in [0.1, 0.15) is 0 Å². The van der Waals surface area contributed by atoms with Gasteiger partial charge in [0.05, 0.1) is 17.7 Å². The molecule has 2 fully saturated rings. The highest BCUT2D eigenvalue weighted by Gasteiger charge is 2.35. The van der Waals surface area contributed by atoms with Crippen molar-refractivity contribution in [1.82, 2.24) is 15.1 Å². The molecule has 92 valence electrons. The average Bonchev–Trinajstić information content (AvgIpc) is 2.80. The molecule has 4 nitrogen and oxygen atoms in total. The molecule has 2 aliphatic heterocycles. The molecule has 1 aromatic rings. The summed E-state index contributed by atoms with van der Waals surface area (Å²) in [5.74, 6) is 2.63. The summed E-state index contributed by atoms with van der Waals surface area (Å²) >= 11 is 1.87. The molecule has 1 atom stereocenters. The minimum absolute atomic E-state index is 0.226. The fourth-order valence-corrected chi connectivity index (χ4v) is 3.34. The van der Waals surface area contributed by atoms with Crippen LogP contribution in [0.25, 0.3) is 0 Å². The fraction of sp³-hybridized carbons (Fsp3) is 0.667. The van der Waals surface area contributed by atoms with Crippen molar-refractivity contribution in [2.24, 2.45) is 5.92 Å². The zero-order valence-electron chi connectivity index (χ0n) is 9.76. The Balaban J connectivity index is 1.77. The highest BCUT2D eigenvalue weighted by molar-refractivity contribution is 8.00. The molecule has 2 aliphatic rings. The summed E-state index contributed by atoms with van der Waals surface area (Å²) in [4.78, 5) is 14.4. The zero-order chi connectivity index (χ0) is 11.7. The monoisotopic (exact) mass is 251 g/mol. The number of carbonyl (C=O) groups excluding carboxylic acids is 1. The van der Waals surface area contributed by atoms with Crippen LogP contribution in [0.1, 0.15) is 31.0 Å². The van der Waals surface area contributed by atoms with Gasteiger partial charge in [0.2, 0.25) is 5.91 Å². The number of nitrogens with zero attached hydrogens (tertiary/aromatic N) is 2. The van der Waals surface area contributed by atoms with E-state index in [1.54, 1.807) is 6.20 Å². The van der Waals surface area contributed by atoms with Gasteiger partial charge in [-0.15, -0.1) is 0 Å². The summed E-state index contributed by atoms with van der Waals surface area (Å²) in [6.45, 7) is 0.906. The summed E-state index contributed by atoms with van der Waals surface area (Å²) in [7, 11) is 0. The number of H-pyrrole nitrogens is 1. The minimum atomic E-state index is 0.226. The van der Waals surface area contributed by atoms with Crippen molar-refractivity contribution in [2.45, 2.75) is 25.3 Å². The predicted molar refractivity (Wildman–Crippen MR) is 67.7 cm³/mol. The Labute approximate surface area is 105 Å². The topological polar surface area (TPSA) is 49.0 Å². The number of amides is 1. The van der Waals surface area contributed by atoms with Gasteiger partial charge < -0.3 is 4.90 Å². The van der Waals surface area contributed by atoms with E-state index >= 15 is 0 Å². The Bertz CT molecular complexity index is 388. The van der Waals surface area contributed by atoms with Gasteiger partial charge >= 0.3 is 0 Å². The van der Waals surface area contributed by atoms with E-state index in [1.807, 2.05) is 17.8 Å². The van der Waals surface area contributed by atoms with Crippen LogP contribution in [-0.4, -0.2) is 39.1 Å². The van der Waals surface area contributed by atoms with E-state index in [4.69, 9.17) is 0 Å². The van der Waals surface area contributed by atoms with E-state index < -0.39 is 0 Å². The third-order valence-electron chi connectivity index (χ3n) is 3.65. The van der Waals surface area contributed by atoms with E-state index in [9.17, 15) is 4.79 Å². The third-order valence-corrected chi connectivity index (χ3v) is 4.93. The molecule has 17 heavy (non-hydrogen) atoms. The highest BCUT2D eigenvalue weighted by Crippen LogP contribution is 2.34. The number of aromatic amines is 1. The molecule has 1 amide bonds. The molecule has 1 N–H and O–H groups in total. The standard InChI is InChI=1S/C12H17N3OS/c16-12(9-7-17-8-9)15-6-2-1-3-11(15)10-4-5-13-14-10/h4-5,9,11H,1-3,6-8H2,(H,13,14). The largest absolute Gasteiger partial charge is 0.334 e. The smallest absolute Gasteiger partial charge is 0.227 e. The van der Waals surface area contributed by atoms with Crippen molar-refractivity contribution >= 4 is 17.7 Å². The number of hydrogen-bond donors (Lipinski definition) is 1. The average molecular weight is 251 g/mol. The van der Waals surface area contributed by atoms with Crippen LogP contribution in [0, 0.1) is 5.92 Å². The molecule has 1 unspecified atom stereocenters. The number of likely N-dealkylation sites (tertiary alicyclic amines) is 1. The molecule has 0 radical (unpaired) electrons. The normalized spacial score (nSPS) is 25.6. The fourth-order valence-electron chi connectivity index (χ4n) is 2.58. The molecule has 5 heteroatoms. The van der Waals surface area contributed by atoms with Gasteiger partial charge in [0.25, 0.3) is 0 Å². The summed E-state index contributed by atoms with van der Waals surface area (Å²) in [6.07, 6.45) is 5.17. The lowest BCUT2D eigenvalue weighted by molar-refractivity contribution is -0.138. The third kappa shape index (κ3) is 2.08. The maximum absolute atomic E-state index is 12.4. The number of nitrogens with one attached hydrogen (secondary N) is 1. The molecule has 0 saturated carbocycles. The molecule has 3 heterocycles. The number of aromatic nitrogens is 2. The lowest BCUT2D eigenvalue weighted by atomic mass is 9.97. The van der Waals surface area contributed by atoms with Crippen LogP contribution in [0.15, 0.2) is 12.3 Å². The SMILES string of the molecule is O=C(C1CSC1)N1CCCCC1c1ccn[nH]1. The van der Waals surface area contributed by atoms with Gasteiger partial charge in [-0.25, -0.2) is 0 Å². The van der Waals surface area contributed by atoms with Crippen LogP contribution in [0.3, 0.4) is 0 Å². The number of carbonyl (C=O) groups is 1. The van der Waals surface area contributed by atoms with Gasteiger partial charge in [0, 0.05) is 24.2 Å². The van der Waals surface area contributed by atoms with E-state index in [0.717, 1.165) is 36.6 Å². The first-order chi connectivity index (χ1) is 8.36. The second kappa shape index (κ2) is 4.72.